The number of rotatable bonds is 6. The van der Waals surface area contributed by atoms with E-state index in [1.54, 1.807) is 13.8 Å². The molecule has 0 aromatic carbocycles. The highest BCUT2D eigenvalue weighted by Gasteiger charge is 2.64. The average Bonchev–Trinajstić information content (AvgIpc) is 2.27. The van der Waals surface area contributed by atoms with Crippen molar-refractivity contribution in [2.24, 2.45) is 0 Å². The topological polar surface area (TPSA) is 20.3 Å². The number of carbonyl (C=O) groups excluding carboxylic acids is 1. The van der Waals surface area contributed by atoms with Gasteiger partial charge in [-0.05, 0) is 19.8 Å². The molecule has 0 aromatic rings. The largest absolute Gasteiger partial charge is 0.463 e. The molecule has 2 nitrogen and oxygen atoms in total. The van der Waals surface area contributed by atoms with Crippen molar-refractivity contribution in [1.82, 2.24) is 4.90 Å². The summed E-state index contributed by atoms with van der Waals surface area (Å²) in [6, 6.07) is -0.641. The predicted molar refractivity (Wildman–Crippen MR) is 57.4 cm³/mol. The fourth-order valence-corrected chi connectivity index (χ4v) is 1.37. The molecule has 0 radical (unpaired) electrons. The number of unbranched alkanes of at least 4 members (excludes halogenated alkanes) is 1. The van der Waals surface area contributed by atoms with Crippen LogP contribution in [0, 0.1) is 0 Å². The summed E-state index contributed by atoms with van der Waals surface area (Å²) in [5.74, 6) is -7.47. The van der Waals surface area contributed by atoms with E-state index >= 15 is 0 Å². The second-order valence-corrected chi connectivity index (χ2v) is 4.18. The number of halogens is 5. The molecule has 0 saturated carbocycles. The van der Waals surface area contributed by atoms with Gasteiger partial charge in [0.05, 0.1) is 0 Å². The Labute approximate surface area is 103 Å². The molecule has 18 heavy (non-hydrogen) atoms. The van der Waals surface area contributed by atoms with Gasteiger partial charge in [-0.15, -0.1) is 0 Å². The van der Waals surface area contributed by atoms with Gasteiger partial charge < -0.3 is 4.90 Å². The number of hydrogen-bond donors (Lipinski definition) is 0. The van der Waals surface area contributed by atoms with Gasteiger partial charge in [0.2, 0.25) is 0 Å². The van der Waals surface area contributed by atoms with Crippen LogP contribution < -0.4 is 0 Å². The fourth-order valence-electron chi connectivity index (χ4n) is 1.37. The fraction of sp³-hybridized carbons (Fsp3) is 0.909. The third-order valence-electron chi connectivity index (χ3n) is 2.76. The van der Waals surface area contributed by atoms with Gasteiger partial charge in [0.25, 0.3) is 0 Å². The first kappa shape index (κ1) is 17.1. The molecule has 0 aliphatic heterocycles. The molecular weight excluding hydrogens is 257 g/mol. The van der Waals surface area contributed by atoms with E-state index in [0.717, 1.165) is 0 Å². The highest BCUT2D eigenvalue weighted by atomic mass is 19.4. The number of amides is 1. The Hall–Kier alpha value is -0.880. The van der Waals surface area contributed by atoms with Crippen molar-refractivity contribution in [2.45, 2.75) is 58.2 Å². The lowest BCUT2D eigenvalue weighted by Gasteiger charge is -2.32. The maximum Gasteiger partial charge on any atom is 0.463 e. The minimum Gasteiger partial charge on any atom is -0.334 e. The molecule has 0 aromatic heterocycles. The second kappa shape index (κ2) is 6.33. The van der Waals surface area contributed by atoms with Gasteiger partial charge in [-0.25, -0.2) is 0 Å². The SMILES string of the molecule is CCCCN(C(=O)C(F)(F)C(F)(F)F)C(C)CC. The van der Waals surface area contributed by atoms with Crippen molar-refractivity contribution in [1.29, 1.82) is 0 Å². The summed E-state index contributed by atoms with van der Waals surface area (Å²) in [7, 11) is 0. The van der Waals surface area contributed by atoms with E-state index < -0.39 is 24.0 Å². The highest BCUT2D eigenvalue weighted by molar-refractivity contribution is 5.84. The molecular formula is C11H18F5NO. The van der Waals surface area contributed by atoms with Crippen molar-refractivity contribution in [3.05, 3.63) is 0 Å². The quantitative estimate of drug-likeness (QED) is 0.678. The summed E-state index contributed by atoms with van der Waals surface area (Å²) < 4.78 is 62.4. The molecule has 0 bridgehead atoms. The number of nitrogens with zero attached hydrogens (tertiary/aromatic N) is 1. The summed E-state index contributed by atoms with van der Waals surface area (Å²) in [6.45, 7) is 4.76. The molecule has 0 aliphatic carbocycles. The third-order valence-corrected chi connectivity index (χ3v) is 2.76. The zero-order valence-electron chi connectivity index (χ0n) is 10.7. The molecule has 7 heteroatoms. The predicted octanol–water partition coefficient (Wildman–Crippen LogP) is 3.61. The lowest BCUT2D eigenvalue weighted by atomic mass is 10.1. The van der Waals surface area contributed by atoms with E-state index in [1.807, 2.05) is 0 Å². The Bertz CT molecular complexity index is 277. The van der Waals surface area contributed by atoms with Crippen LogP contribution in [0.4, 0.5) is 22.0 Å². The Balaban J connectivity index is 5.06. The van der Waals surface area contributed by atoms with Crippen LogP contribution in [0.1, 0.15) is 40.0 Å². The maximum absolute atomic E-state index is 13.0. The van der Waals surface area contributed by atoms with Crippen LogP contribution in [0.3, 0.4) is 0 Å². The van der Waals surface area contributed by atoms with Crippen molar-refractivity contribution < 1.29 is 26.7 Å². The first-order valence-electron chi connectivity index (χ1n) is 5.85. The van der Waals surface area contributed by atoms with Gasteiger partial charge in [-0.2, -0.15) is 22.0 Å². The summed E-state index contributed by atoms with van der Waals surface area (Å²) in [5, 5.41) is 0. The second-order valence-electron chi connectivity index (χ2n) is 4.18. The Morgan fingerprint density at radius 1 is 1.17 bits per heavy atom. The van der Waals surface area contributed by atoms with Crippen LogP contribution in [-0.4, -0.2) is 35.5 Å². The molecule has 0 fully saturated rings. The Kier molecular flexibility index (Phi) is 6.02. The Morgan fingerprint density at radius 2 is 1.67 bits per heavy atom. The van der Waals surface area contributed by atoms with Crippen molar-refractivity contribution in [3.8, 4) is 0 Å². The molecule has 1 amide bonds. The van der Waals surface area contributed by atoms with Gasteiger partial charge in [-0.1, -0.05) is 20.3 Å². The van der Waals surface area contributed by atoms with E-state index in [4.69, 9.17) is 0 Å². The smallest absolute Gasteiger partial charge is 0.334 e. The van der Waals surface area contributed by atoms with Gasteiger partial charge in [0, 0.05) is 12.6 Å². The van der Waals surface area contributed by atoms with Crippen LogP contribution in [-0.2, 0) is 4.79 Å². The van der Waals surface area contributed by atoms with Crippen molar-refractivity contribution in [3.63, 3.8) is 0 Å². The zero-order valence-corrected chi connectivity index (χ0v) is 10.7. The minimum atomic E-state index is -5.85. The van der Waals surface area contributed by atoms with Crippen LogP contribution >= 0.6 is 0 Å². The molecule has 108 valence electrons. The van der Waals surface area contributed by atoms with E-state index in [2.05, 4.69) is 0 Å². The first-order valence-corrected chi connectivity index (χ1v) is 5.85. The molecule has 0 saturated heterocycles. The summed E-state index contributed by atoms with van der Waals surface area (Å²) in [6.07, 6.45) is -4.52. The molecule has 1 atom stereocenters. The average molecular weight is 275 g/mol. The lowest BCUT2D eigenvalue weighted by Crippen LogP contribution is -2.54. The van der Waals surface area contributed by atoms with Crippen LogP contribution in [0.2, 0.25) is 0 Å². The molecule has 0 aliphatic rings. The third kappa shape index (κ3) is 3.81. The first-order chi connectivity index (χ1) is 8.09. The molecule has 1 unspecified atom stereocenters. The Morgan fingerprint density at radius 3 is 2.00 bits per heavy atom. The number of hydrogen-bond acceptors (Lipinski definition) is 1. The molecule has 0 N–H and O–H groups in total. The van der Waals surface area contributed by atoms with Crippen molar-refractivity contribution in [2.75, 3.05) is 6.54 Å². The van der Waals surface area contributed by atoms with Crippen LogP contribution in [0.25, 0.3) is 0 Å². The normalized spacial score (nSPS) is 14.4. The number of carbonyl (C=O) groups is 1. The van der Waals surface area contributed by atoms with E-state index in [1.165, 1.54) is 6.92 Å². The zero-order chi connectivity index (χ0) is 14.6. The minimum absolute atomic E-state index is 0.0873. The van der Waals surface area contributed by atoms with Crippen LogP contribution in [0.5, 0.6) is 0 Å². The lowest BCUT2D eigenvalue weighted by molar-refractivity contribution is -0.275. The maximum atomic E-state index is 13.0. The van der Waals surface area contributed by atoms with Gasteiger partial charge in [0.15, 0.2) is 0 Å². The molecule has 0 spiro atoms. The van der Waals surface area contributed by atoms with Crippen LogP contribution in [0.15, 0.2) is 0 Å². The molecule has 0 heterocycles. The number of alkyl halides is 5. The molecule has 0 rings (SSSR count). The van der Waals surface area contributed by atoms with Gasteiger partial charge >= 0.3 is 18.0 Å². The monoisotopic (exact) mass is 275 g/mol. The van der Waals surface area contributed by atoms with Gasteiger partial charge in [-0.3, -0.25) is 4.79 Å². The summed E-state index contributed by atoms with van der Waals surface area (Å²) >= 11 is 0. The highest BCUT2D eigenvalue weighted by Crippen LogP contribution is 2.37. The summed E-state index contributed by atoms with van der Waals surface area (Å²) in [5.41, 5.74) is 0. The van der Waals surface area contributed by atoms with Gasteiger partial charge in [0.1, 0.15) is 0 Å². The van der Waals surface area contributed by atoms with Crippen molar-refractivity contribution >= 4 is 5.91 Å². The van der Waals surface area contributed by atoms with E-state index in [0.29, 0.717) is 24.2 Å². The summed E-state index contributed by atoms with van der Waals surface area (Å²) in [4.78, 5) is 12.0. The van der Waals surface area contributed by atoms with E-state index in [9.17, 15) is 26.7 Å². The standard InChI is InChI=1S/C11H18F5NO/c1-4-6-7-17(8(3)5-2)9(18)10(12,13)11(14,15)16/h8H,4-7H2,1-3H3. The van der Waals surface area contributed by atoms with E-state index in [-0.39, 0.29) is 6.54 Å².